The third kappa shape index (κ3) is 3.47. The van der Waals surface area contributed by atoms with Crippen LogP contribution >= 0.6 is 0 Å². The highest BCUT2D eigenvalue weighted by Gasteiger charge is 2.19. The second kappa shape index (κ2) is 4.98. The fourth-order valence-corrected chi connectivity index (χ4v) is 1.95. The highest BCUT2D eigenvalue weighted by atomic mass is 14.3. The lowest BCUT2D eigenvalue weighted by atomic mass is 9.80. The maximum Gasteiger partial charge on any atom is 0.0915 e. The van der Waals surface area contributed by atoms with E-state index >= 15 is 0 Å². The van der Waals surface area contributed by atoms with Gasteiger partial charge in [0.2, 0.25) is 0 Å². The van der Waals surface area contributed by atoms with Crippen LogP contribution in [-0.2, 0) is 5.41 Å². The van der Waals surface area contributed by atoms with E-state index in [0.717, 1.165) is 11.1 Å². The van der Waals surface area contributed by atoms with Gasteiger partial charge in [-0.05, 0) is 27.5 Å². The molecule has 1 nitrogen and oxygen atoms in total. The zero-order valence-electron chi connectivity index (χ0n) is 12.3. The van der Waals surface area contributed by atoms with Gasteiger partial charge in [-0.25, -0.2) is 0 Å². The second-order valence-corrected chi connectivity index (χ2v) is 6.76. The van der Waals surface area contributed by atoms with Crippen molar-refractivity contribution >= 4 is 5.57 Å². The number of nitrogens with zero attached hydrogens (tertiary/aromatic N) is 1. The third-order valence-electron chi connectivity index (χ3n) is 3.08. The van der Waals surface area contributed by atoms with Crippen molar-refractivity contribution in [2.75, 3.05) is 0 Å². The average Bonchev–Trinajstić information content (AvgIpc) is 2.23. The Morgan fingerprint density at radius 3 is 1.83 bits per heavy atom. The van der Waals surface area contributed by atoms with E-state index < -0.39 is 0 Å². The molecule has 0 unspecified atom stereocenters. The number of allylic oxidation sites excluding steroid dienone is 2. The fourth-order valence-electron chi connectivity index (χ4n) is 1.95. The Morgan fingerprint density at radius 2 is 1.50 bits per heavy atom. The molecule has 0 N–H and O–H groups in total. The molecule has 0 heterocycles. The van der Waals surface area contributed by atoms with Gasteiger partial charge >= 0.3 is 0 Å². The summed E-state index contributed by atoms with van der Waals surface area (Å²) < 4.78 is 0. The first-order valence-electron chi connectivity index (χ1n) is 6.37. The number of rotatable bonds is 1. The number of hydrogen-bond acceptors (Lipinski definition) is 1. The Morgan fingerprint density at radius 1 is 1.00 bits per heavy atom. The van der Waals surface area contributed by atoms with Gasteiger partial charge in [0.25, 0.3) is 0 Å². The number of benzene rings is 1. The predicted molar refractivity (Wildman–Crippen MR) is 78.2 cm³/mol. The zero-order valence-corrected chi connectivity index (χ0v) is 12.3. The molecule has 1 heteroatoms. The van der Waals surface area contributed by atoms with Crippen molar-refractivity contribution in [3.05, 3.63) is 41.5 Å². The van der Waals surface area contributed by atoms with Crippen LogP contribution < -0.4 is 0 Å². The van der Waals surface area contributed by atoms with Crippen LogP contribution in [0.5, 0.6) is 0 Å². The van der Waals surface area contributed by atoms with Crippen molar-refractivity contribution in [2.45, 2.75) is 47.0 Å². The summed E-state index contributed by atoms with van der Waals surface area (Å²) in [7, 11) is 0. The van der Waals surface area contributed by atoms with E-state index in [2.05, 4.69) is 71.9 Å². The van der Waals surface area contributed by atoms with Gasteiger partial charge in [0.1, 0.15) is 0 Å². The molecule has 1 rings (SSSR count). The molecule has 96 valence electrons. The second-order valence-electron chi connectivity index (χ2n) is 6.76. The molecule has 0 atom stereocenters. The molecule has 0 radical (unpaired) electrons. The topological polar surface area (TPSA) is 23.8 Å². The molecule has 0 aliphatic rings. The van der Waals surface area contributed by atoms with Crippen molar-refractivity contribution in [1.29, 1.82) is 5.26 Å². The van der Waals surface area contributed by atoms with Crippen molar-refractivity contribution < 1.29 is 0 Å². The molecule has 0 saturated heterocycles. The molecular weight excluding hydrogens is 218 g/mol. The summed E-state index contributed by atoms with van der Waals surface area (Å²) in [5.41, 5.74) is 3.69. The Bertz CT molecular complexity index is 470. The molecule has 1 aromatic carbocycles. The molecule has 0 fully saturated rings. The van der Waals surface area contributed by atoms with E-state index in [9.17, 15) is 0 Å². The summed E-state index contributed by atoms with van der Waals surface area (Å²) in [5.74, 6) is 0. The number of hydrogen-bond donors (Lipinski definition) is 0. The number of nitriles is 1. The van der Waals surface area contributed by atoms with Crippen molar-refractivity contribution in [3.8, 4) is 6.07 Å². The van der Waals surface area contributed by atoms with E-state index in [1.165, 1.54) is 5.56 Å². The van der Waals surface area contributed by atoms with Crippen LogP contribution in [0.1, 0.15) is 52.7 Å². The maximum atomic E-state index is 8.92. The van der Waals surface area contributed by atoms with Gasteiger partial charge in [-0.1, -0.05) is 65.8 Å². The van der Waals surface area contributed by atoms with E-state index in [-0.39, 0.29) is 10.8 Å². The molecule has 0 saturated carbocycles. The minimum absolute atomic E-state index is 0.0149. The lowest BCUT2D eigenvalue weighted by Crippen LogP contribution is -2.12. The summed E-state index contributed by atoms with van der Waals surface area (Å²) in [4.78, 5) is 0. The zero-order chi connectivity index (χ0) is 14.0. The van der Waals surface area contributed by atoms with Crippen LogP contribution in [0, 0.1) is 16.7 Å². The summed E-state index contributed by atoms with van der Waals surface area (Å²) >= 11 is 0. The fraction of sp³-hybridized carbons (Fsp3) is 0.471. The lowest BCUT2D eigenvalue weighted by molar-refractivity contribution is 0.566. The Labute approximate surface area is 111 Å². The smallest absolute Gasteiger partial charge is 0.0915 e. The molecule has 0 aromatic heterocycles. The van der Waals surface area contributed by atoms with E-state index in [1.54, 1.807) is 6.08 Å². The first-order valence-corrected chi connectivity index (χ1v) is 6.37. The van der Waals surface area contributed by atoms with Gasteiger partial charge < -0.3 is 0 Å². The minimum atomic E-state index is -0.0149. The maximum absolute atomic E-state index is 8.92. The van der Waals surface area contributed by atoms with Crippen LogP contribution in [0.3, 0.4) is 0 Å². The third-order valence-corrected chi connectivity index (χ3v) is 3.08. The van der Waals surface area contributed by atoms with Gasteiger partial charge in [0, 0.05) is 6.08 Å². The molecule has 0 spiro atoms. The summed E-state index contributed by atoms with van der Waals surface area (Å²) in [6.07, 6.45) is 1.66. The highest BCUT2D eigenvalue weighted by molar-refractivity contribution is 5.71. The molecule has 0 bridgehead atoms. The van der Waals surface area contributed by atoms with Crippen molar-refractivity contribution in [1.82, 2.24) is 0 Å². The average molecular weight is 241 g/mol. The summed E-state index contributed by atoms with van der Waals surface area (Å²) in [6.45, 7) is 13.0. The van der Waals surface area contributed by atoms with Crippen LogP contribution in [-0.4, -0.2) is 0 Å². The lowest BCUT2D eigenvalue weighted by Gasteiger charge is -2.24. The van der Waals surface area contributed by atoms with Gasteiger partial charge in [-0.2, -0.15) is 5.26 Å². The molecule has 0 aliphatic carbocycles. The van der Waals surface area contributed by atoms with Gasteiger partial charge in [-0.15, -0.1) is 0 Å². The monoisotopic (exact) mass is 241 g/mol. The molecule has 18 heavy (non-hydrogen) atoms. The Hall–Kier alpha value is -1.55. The van der Waals surface area contributed by atoms with Crippen LogP contribution in [0.2, 0.25) is 0 Å². The van der Waals surface area contributed by atoms with Gasteiger partial charge in [-0.3, -0.25) is 0 Å². The van der Waals surface area contributed by atoms with Crippen LogP contribution in [0.15, 0.2) is 30.3 Å². The van der Waals surface area contributed by atoms with Crippen LogP contribution in [0.4, 0.5) is 0 Å². The first kappa shape index (κ1) is 14.5. The molecule has 0 aliphatic heterocycles. The Balaban J connectivity index is 3.20. The SMILES string of the molecule is CC(C)(C)/C(=C/C#N)c1ccc(C(C)(C)C)cc1. The highest BCUT2D eigenvalue weighted by Crippen LogP contribution is 2.34. The Kier molecular flexibility index (Phi) is 4.02. The summed E-state index contributed by atoms with van der Waals surface area (Å²) in [6, 6.07) is 10.7. The minimum Gasteiger partial charge on any atom is -0.193 e. The van der Waals surface area contributed by atoms with Crippen LogP contribution in [0.25, 0.3) is 5.57 Å². The van der Waals surface area contributed by atoms with E-state index in [4.69, 9.17) is 5.26 Å². The molecular formula is C17H23N. The van der Waals surface area contributed by atoms with E-state index in [1.807, 2.05) is 0 Å². The standard InChI is InChI=1S/C17H23N/c1-16(2,3)14-9-7-13(8-10-14)15(11-12-18)17(4,5)6/h7-11H,1-6H3/b15-11+. The normalized spacial score (nSPS) is 13.3. The molecule has 0 amide bonds. The summed E-state index contributed by atoms with van der Waals surface area (Å²) in [5, 5.41) is 8.92. The van der Waals surface area contributed by atoms with Gasteiger partial charge in [0.15, 0.2) is 0 Å². The quantitative estimate of drug-likeness (QED) is 0.639. The van der Waals surface area contributed by atoms with Gasteiger partial charge in [0.05, 0.1) is 6.07 Å². The van der Waals surface area contributed by atoms with Crippen molar-refractivity contribution in [2.24, 2.45) is 5.41 Å². The largest absolute Gasteiger partial charge is 0.193 e. The first-order chi connectivity index (χ1) is 8.16. The van der Waals surface area contributed by atoms with E-state index in [0.29, 0.717) is 0 Å². The van der Waals surface area contributed by atoms with Crippen molar-refractivity contribution in [3.63, 3.8) is 0 Å². The predicted octanol–water partition coefficient (Wildman–Crippen LogP) is 4.94. The molecule has 1 aromatic rings.